The van der Waals surface area contributed by atoms with Crippen LogP contribution in [0.4, 0.5) is 4.39 Å². The van der Waals surface area contributed by atoms with Crippen LogP contribution >= 0.6 is 11.8 Å². The van der Waals surface area contributed by atoms with Crippen molar-refractivity contribution in [3.63, 3.8) is 0 Å². The second-order valence-electron chi connectivity index (χ2n) is 4.47. The number of hydrogen-bond donors (Lipinski definition) is 2. The number of halogens is 1. The second kappa shape index (κ2) is 7.09. The standard InChI is InChI=1S/C13H19FN2OS/c14-11-2-1-3-13(8-11)18-10-12(17)9-16-6-4-15-5-7-16/h1-3,8,12,15,17H,4-7,9-10H2. The summed E-state index contributed by atoms with van der Waals surface area (Å²) < 4.78 is 13.0. The van der Waals surface area contributed by atoms with Gasteiger partial charge in [0.2, 0.25) is 0 Å². The number of thioether (sulfide) groups is 1. The average Bonchev–Trinajstić information content (AvgIpc) is 2.38. The summed E-state index contributed by atoms with van der Waals surface area (Å²) in [6.45, 7) is 4.65. The first-order chi connectivity index (χ1) is 8.74. The summed E-state index contributed by atoms with van der Waals surface area (Å²) in [5.74, 6) is 0.379. The second-order valence-corrected chi connectivity index (χ2v) is 5.57. The van der Waals surface area contributed by atoms with E-state index >= 15 is 0 Å². The van der Waals surface area contributed by atoms with E-state index in [2.05, 4.69) is 10.2 Å². The van der Waals surface area contributed by atoms with Gasteiger partial charge in [0, 0.05) is 43.4 Å². The van der Waals surface area contributed by atoms with Crippen molar-refractivity contribution in [2.45, 2.75) is 11.0 Å². The van der Waals surface area contributed by atoms with Gasteiger partial charge >= 0.3 is 0 Å². The molecule has 0 radical (unpaired) electrons. The lowest BCUT2D eigenvalue weighted by Crippen LogP contribution is -2.46. The van der Waals surface area contributed by atoms with Gasteiger partial charge in [-0.3, -0.25) is 4.90 Å². The summed E-state index contributed by atoms with van der Waals surface area (Å²) in [5, 5.41) is 13.2. The van der Waals surface area contributed by atoms with Crippen molar-refractivity contribution in [3.05, 3.63) is 30.1 Å². The van der Waals surface area contributed by atoms with E-state index in [0.717, 1.165) is 31.1 Å². The fourth-order valence-electron chi connectivity index (χ4n) is 1.99. The van der Waals surface area contributed by atoms with Crippen LogP contribution in [0.15, 0.2) is 29.2 Å². The van der Waals surface area contributed by atoms with E-state index in [1.54, 1.807) is 6.07 Å². The third-order valence-corrected chi connectivity index (χ3v) is 4.06. The van der Waals surface area contributed by atoms with E-state index < -0.39 is 0 Å². The molecular weight excluding hydrogens is 251 g/mol. The molecule has 0 aromatic heterocycles. The Bertz CT molecular complexity index is 372. The van der Waals surface area contributed by atoms with Gasteiger partial charge < -0.3 is 10.4 Å². The Morgan fingerprint density at radius 1 is 1.39 bits per heavy atom. The Balaban J connectivity index is 1.72. The predicted molar refractivity (Wildman–Crippen MR) is 72.4 cm³/mol. The van der Waals surface area contributed by atoms with Gasteiger partial charge in [0.1, 0.15) is 5.82 Å². The molecule has 0 bridgehead atoms. The molecular formula is C13H19FN2OS. The Kier molecular flexibility index (Phi) is 5.44. The molecule has 18 heavy (non-hydrogen) atoms. The number of benzene rings is 1. The molecule has 1 aromatic rings. The first-order valence-corrected chi connectivity index (χ1v) is 7.22. The molecule has 2 rings (SSSR count). The molecule has 0 aliphatic carbocycles. The molecule has 1 aliphatic rings. The van der Waals surface area contributed by atoms with Gasteiger partial charge in [0.05, 0.1) is 6.10 Å². The van der Waals surface area contributed by atoms with Gasteiger partial charge in [0.15, 0.2) is 0 Å². The van der Waals surface area contributed by atoms with Gasteiger partial charge in [-0.15, -0.1) is 11.8 Å². The molecule has 3 nitrogen and oxygen atoms in total. The maximum Gasteiger partial charge on any atom is 0.124 e. The first kappa shape index (κ1) is 13.8. The molecule has 0 saturated carbocycles. The third kappa shape index (κ3) is 4.57. The summed E-state index contributed by atoms with van der Waals surface area (Å²) >= 11 is 1.50. The minimum atomic E-state index is -0.364. The van der Waals surface area contributed by atoms with E-state index in [0.29, 0.717) is 12.3 Å². The topological polar surface area (TPSA) is 35.5 Å². The van der Waals surface area contributed by atoms with Gasteiger partial charge in [0.25, 0.3) is 0 Å². The van der Waals surface area contributed by atoms with Gasteiger partial charge in [-0.2, -0.15) is 0 Å². The number of aliphatic hydroxyl groups is 1. The molecule has 1 aromatic carbocycles. The Hall–Kier alpha value is -0.620. The zero-order chi connectivity index (χ0) is 12.8. The van der Waals surface area contributed by atoms with Crippen LogP contribution in [0.2, 0.25) is 0 Å². The van der Waals surface area contributed by atoms with Crippen LogP contribution in [0.1, 0.15) is 0 Å². The average molecular weight is 270 g/mol. The largest absolute Gasteiger partial charge is 0.391 e. The number of nitrogens with zero attached hydrogens (tertiary/aromatic N) is 1. The molecule has 5 heteroatoms. The van der Waals surface area contributed by atoms with E-state index in [1.807, 2.05) is 6.07 Å². The van der Waals surface area contributed by atoms with Crippen molar-refractivity contribution < 1.29 is 9.50 Å². The van der Waals surface area contributed by atoms with Crippen molar-refractivity contribution in [1.82, 2.24) is 10.2 Å². The van der Waals surface area contributed by atoms with Crippen LogP contribution in [0.5, 0.6) is 0 Å². The smallest absolute Gasteiger partial charge is 0.124 e. The number of β-amino-alcohol motifs (C(OH)–C–C–N with tert-alkyl or cyclic N) is 1. The SMILES string of the molecule is OC(CSc1cccc(F)c1)CN1CCNCC1. The monoisotopic (exact) mass is 270 g/mol. The molecule has 1 saturated heterocycles. The maximum atomic E-state index is 13.0. The van der Waals surface area contributed by atoms with Crippen molar-refractivity contribution in [2.24, 2.45) is 0 Å². The molecule has 0 spiro atoms. The quantitative estimate of drug-likeness (QED) is 0.788. The summed E-state index contributed by atoms with van der Waals surface area (Å²) in [6, 6.07) is 6.50. The van der Waals surface area contributed by atoms with Gasteiger partial charge in [-0.05, 0) is 18.2 Å². The van der Waals surface area contributed by atoms with Crippen LogP contribution < -0.4 is 5.32 Å². The highest BCUT2D eigenvalue weighted by molar-refractivity contribution is 7.99. The maximum absolute atomic E-state index is 13.0. The number of hydrogen-bond acceptors (Lipinski definition) is 4. The number of nitrogens with one attached hydrogen (secondary N) is 1. The molecule has 100 valence electrons. The predicted octanol–water partition coefficient (Wildman–Crippen LogP) is 1.18. The lowest BCUT2D eigenvalue weighted by molar-refractivity contribution is 0.121. The Labute approximate surface area is 111 Å². The fraction of sp³-hybridized carbons (Fsp3) is 0.538. The van der Waals surface area contributed by atoms with Crippen molar-refractivity contribution >= 4 is 11.8 Å². The van der Waals surface area contributed by atoms with Crippen LogP contribution in [0, 0.1) is 5.82 Å². The zero-order valence-electron chi connectivity index (χ0n) is 10.3. The first-order valence-electron chi connectivity index (χ1n) is 6.23. The Morgan fingerprint density at radius 3 is 2.89 bits per heavy atom. The molecule has 0 amide bonds. The van der Waals surface area contributed by atoms with E-state index in [-0.39, 0.29) is 11.9 Å². The minimum Gasteiger partial charge on any atom is -0.391 e. The molecule has 1 unspecified atom stereocenters. The lowest BCUT2D eigenvalue weighted by atomic mass is 10.3. The number of aliphatic hydroxyl groups excluding tert-OH is 1. The molecule has 1 atom stereocenters. The molecule has 1 heterocycles. The molecule has 1 fully saturated rings. The third-order valence-electron chi connectivity index (χ3n) is 2.92. The van der Waals surface area contributed by atoms with Crippen LogP contribution in [0.25, 0.3) is 0 Å². The summed E-state index contributed by atoms with van der Waals surface area (Å²) in [7, 11) is 0. The van der Waals surface area contributed by atoms with E-state index in [4.69, 9.17) is 0 Å². The normalized spacial score (nSPS) is 18.8. The highest BCUT2D eigenvalue weighted by Crippen LogP contribution is 2.19. The summed E-state index contributed by atoms with van der Waals surface area (Å²) in [4.78, 5) is 3.13. The highest BCUT2D eigenvalue weighted by Gasteiger charge is 2.14. The van der Waals surface area contributed by atoms with Crippen molar-refractivity contribution in [1.29, 1.82) is 0 Å². The molecule has 2 N–H and O–H groups in total. The van der Waals surface area contributed by atoms with Crippen LogP contribution in [-0.4, -0.2) is 54.6 Å². The van der Waals surface area contributed by atoms with Gasteiger partial charge in [-0.25, -0.2) is 4.39 Å². The van der Waals surface area contributed by atoms with E-state index in [9.17, 15) is 9.50 Å². The minimum absolute atomic E-state index is 0.225. The number of rotatable bonds is 5. The molecule has 1 aliphatic heterocycles. The fourth-order valence-corrected chi connectivity index (χ4v) is 2.85. The Morgan fingerprint density at radius 2 is 2.17 bits per heavy atom. The van der Waals surface area contributed by atoms with Gasteiger partial charge in [-0.1, -0.05) is 6.07 Å². The summed E-state index contributed by atoms with van der Waals surface area (Å²) in [5.41, 5.74) is 0. The lowest BCUT2D eigenvalue weighted by Gasteiger charge is -2.28. The highest BCUT2D eigenvalue weighted by atomic mass is 32.2. The summed E-state index contributed by atoms with van der Waals surface area (Å²) in [6.07, 6.45) is -0.364. The van der Waals surface area contributed by atoms with Crippen LogP contribution in [-0.2, 0) is 0 Å². The van der Waals surface area contributed by atoms with E-state index in [1.165, 1.54) is 23.9 Å². The van der Waals surface area contributed by atoms with Crippen LogP contribution in [0.3, 0.4) is 0 Å². The van der Waals surface area contributed by atoms with Crippen molar-refractivity contribution in [3.8, 4) is 0 Å². The zero-order valence-corrected chi connectivity index (χ0v) is 11.1. The number of piperazine rings is 1. The van der Waals surface area contributed by atoms with Crippen molar-refractivity contribution in [2.75, 3.05) is 38.5 Å².